The number of hydrogen-bond donors (Lipinski definition) is 0. The summed E-state index contributed by atoms with van der Waals surface area (Å²) in [7, 11) is -0.357. The first kappa shape index (κ1) is 18.1. The molecule has 26 heavy (non-hydrogen) atoms. The summed E-state index contributed by atoms with van der Waals surface area (Å²) in [4.78, 5) is 12.5. The van der Waals surface area contributed by atoms with Gasteiger partial charge in [0.25, 0.3) is 0 Å². The van der Waals surface area contributed by atoms with Gasteiger partial charge in [0, 0.05) is 5.57 Å². The molecular formula is C23H24O2Si. The molecule has 0 atom stereocenters. The molecule has 3 aromatic rings. The molecule has 0 radical (unpaired) electrons. The average Bonchev–Trinajstić information content (AvgIpc) is 2.67. The molecule has 0 fully saturated rings. The number of carbonyl (C=O) groups is 1. The van der Waals surface area contributed by atoms with Gasteiger partial charge in [-0.2, -0.15) is 0 Å². The molecule has 0 saturated carbocycles. The van der Waals surface area contributed by atoms with Crippen molar-refractivity contribution < 1.29 is 9.53 Å². The molecule has 0 aliphatic heterocycles. The highest BCUT2D eigenvalue weighted by Crippen LogP contribution is 2.25. The Morgan fingerprint density at radius 1 is 0.923 bits per heavy atom. The van der Waals surface area contributed by atoms with Crippen LogP contribution in [0.1, 0.15) is 5.56 Å². The van der Waals surface area contributed by atoms with Crippen LogP contribution >= 0.6 is 0 Å². The number of ether oxygens (including phenoxy) is 1. The van der Waals surface area contributed by atoms with Crippen LogP contribution in [-0.4, -0.2) is 21.2 Å². The fourth-order valence-corrected chi connectivity index (χ4v) is 5.84. The third kappa shape index (κ3) is 3.94. The Bertz CT molecular complexity index is 937. The molecule has 0 N–H and O–H groups in total. The molecule has 0 bridgehead atoms. The topological polar surface area (TPSA) is 26.3 Å². The van der Waals surface area contributed by atoms with Gasteiger partial charge < -0.3 is 4.74 Å². The molecule has 0 amide bonds. The number of hydrogen-bond acceptors (Lipinski definition) is 2. The Hall–Kier alpha value is -2.65. The van der Waals surface area contributed by atoms with E-state index in [0.29, 0.717) is 0 Å². The molecule has 0 saturated heterocycles. The molecule has 3 heteroatoms. The van der Waals surface area contributed by atoms with E-state index in [1.54, 1.807) is 0 Å². The van der Waals surface area contributed by atoms with Gasteiger partial charge in [0.05, 0.1) is 15.2 Å². The molecular weight excluding hydrogens is 336 g/mol. The summed E-state index contributed by atoms with van der Waals surface area (Å²) < 4.78 is 5.09. The van der Waals surface area contributed by atoms with Crippen LogP contribution in [0.15, 0.2) is 78.4 Å². The molecule has 0 heterocycles. The summed E-state index contributed by atoms with van der Waals surface area (Å²) >= 11 is 0. The van der Waals surface area contributed by atoms with Crippen LogP contribution < -0.4 is 5.19 Å². The number of fused-ring (bicyclic) bond motifs is 1. The zero-order chi connectivity index (χ0) is 18.6. The summed E-state index contributed by atoms with van der Waals surface area (Å²) in [6, 6.07) is 25.7. The van der Waals surface area contributed by atoms with E-state index in [-0.39, 0.29) is 5.97 Å². The Labute approximate surface area is 156 Å². The second-order valence-electron chi connectivity index (χ2n) is 7.16. The van der Waals surface area contributed by atoms with Crippen molar-refractivity contribution in [2.75, 3.05) is 7.11 Å². The Kier molecular flexibility index (Phi) is 5.38. The lowest BCUT2D eigenvalue weighted by Gasteiger charge is -2.24. The zero-order valence-corrected chi connectivity index (χ0v) is 16.5. The summed E-state index contributed by atoms with van der Waals surface area (Å²) in [6.07, 6.45) is 2.01. The van der Waals surface area contributed by atoms with Gasteiger partial charge in [-0.3, -0.25) is 0 Å². The molecule has 0 aliphatic rings. The van der Waals surface area contributed by atoms with E-state index >= 15 is 0 Å². The smallest absolute Gasteiger partial charge is 0.333 e. The van der Waals surface area contributed by atoms with Crippen LogP contribution in [0.2, 0.25) is 19.1 Å². The normalized spacial score (nSPS) is 12.2. The maximum absolute atomic E-state index is 12.5. The van der Waals surface area contributed by atoms with E-state index in [9.17, 15) is 4.79 Å². The SMILES string of the molecule is COC(=O)/C(=C\c1cccc2ccccc12)C[Si](C)(C)c1ccccc1. The number of rotatable bonds is 5. The Balaban J connectivity index is 2.03. The van der Waals surface area contributed by atoms with E-state index in [2.05, 4.69) is 61.6 Å². The van der Waals surface area contributed by atoms with Crippen molar-refractivity contribution in [1.82, 2.24) is 0 Å². The highest BCUT2D eigenvalue weighted by Gasteiger charge is 2.27. The summed E-state index contributed by atoms with van der Waals surface area (Å²) in [6.45, 7) is 4.59. The first-order valence-corrected chi connectivity index (χ1v) is 12.0. The average molecular weight is 361 g/mol. The van der Waals surface area contributed by atoms with Crippen molar-refractivity contribution in [2.24, 2.45) is 0 Å². The maximum Gasteiger partial charge on any atom is 0.333 e. The van der Waals surface area contributed by atoms with Crippen molar-refractivity contribution >= 4 is 36.1 Å². The van der Waals surface area contributed by atoms with Gasteiger partial charge in [0.15, 0.2) is 0 Å². The minimum absolute atomic E-state index is 0.241. The predicted octanol–water partition coefficient (Wildman–Crippen LogP) is 5.01. The molecule has 0 aromatic heterocycles. The Morgan fingerprint density at radius 2 is 1.58 bits per heavy atom. The molecule has 0 spiro atoms. The minimum Gasteiger partial charge on any atom is -0.466 e. The lowest BCUT2D eigenvalue weighted by atomic mass is 10.0. The number of carbonyl (C=O) groups excluding carboxylic acids is 1. The quantitative estimate of drug-likeness (QED) is 0.363. The van der Waals surface area contributed by atoms with Crippen LogP contribution in [0.5, 0.6) is 0 Å². The van der Waals surface area contributed by atoms with Crippen LogP contribution in [0.4, 0.5) is 0 Å². The zero-order valence-electron chi connectivity index (χ0n) is 15.5. The summed E-state index contributed by atoms with van der Waals surface area (Å²) in [5.74, 6) is -0.241. The van der Waals surface area contributed by atoms with Gasteiger partial charge in [-0.05, 0) is 28.5 Å². The predicted molar refractivity (Wildman–Crippen MR) is 112 cm³/mol. The standard InChI is InChI=1S/C23H24O2Si/c1-25-23(24)20(17-26(2,3)21-13-5-4-6-14-21)16-19-12-9-11-18-10-7-8-15-22(18)19/h4-16H,17H2,1-3H3/b20-16-. The van der Waals surface area contributed by atoms with Gasteiger partial charge in [-0.1, -0.05) is 91.1 Å². The fourth-order valence-electron chi connectivity index (χ4n) is 3.34. The van der Waals surface area contributed by atoms with Gasteiger partial charge in [-0.15, -0.1) is 0 Å². The van der Waals surface area contributed by atoms with E-state index in [0.717, 1.165) is 22.6 Å². The van der Waals surface area contributed by atoms with Crippen molar-refractivity contribution in [3.05, 3.63) is 83.9 Å². The molecule has 0 unspecified atom stereocenters. The Morgan fingerprint density at radius 3 is 2.31 bits per heavy atom. The van der Waals surface area contributed by atoms with E-state index in [1.807, 2.05) is 30.3 Å². The van der Waals surface area contributed by atoms with E-state index < -0.39 is 8.07 Å². The van der Waals surface area contributed by atoms with E-state index in [1.165, 1.54) is 17.7 Å². The molecule has 132 valence electrons. The monoisotopic (exact) mass is 360 g/mol. The molecule has 3 aromatic carbocycles. The fraction of sp³-hybridized carbons (Fsp3) is 0.174. The highest BCUT2D eigenvalue weighted by atomic mass is 28.3. The number of esters is 1. The van der Waals surface area contributed by atoms with E-state index in [4.69, 9.17) is 4.74 Å². The first-order chi connectivity index (χ1) is 12.5. The van der Waals surface area contributed by atoms with Gasteiger partial charge in [0.1, 0.15) is 0 Å². The van der Waals surface area contributed by atoms with Gasteiger partial charge in [0.2, 0.25) is 0 Å². The molecule has 3 rings (SSSR count). The second kappa shape index (κ2) is 7.71. The van der Waals surface area contributed by atoms with Crippen molar-refractivity contribution in [1.29, 1.82) is 0 Å². The second-order valence-corrected chi connectivity index (χ2v) is 11.9. The van der Waals surface area contributed by atoms with Crippen LogP contribution in [0.25, 0.3) is 16.8 Å². The maximum atomic E-state index is 12.5. The van der Waals surface area contributed by atoms with Crippen molar-refractivity contribution in [3.63, 3.8) is 0 Å². The van der Waals surface area contributed by atoms with Crippen molar-refractivity contribution in [2.45, 2.75) is 19.1 Å². The van der Waals surface area contributed by atoms with Gasteiger partial charge in [-0.25, -0.2) is 4.79 Å². The minimum atomic E-state index is -1.81. The molecule has 2 nitrogen and oxygen atoms in total. The lowest BCUT2D eigenvalue weighted by Crippen LogP contribution is -2.42. The third-order valence-corrected chi connectivity index (χ3v) is 7.95. The first-order valence-electron chi connectivity index (χ1n) is 8.83. The molecule has 0 aliphatic carbocycles. The summed E-state index contributed by atoms with van der Waals surface area (Å²) in [5.41, 5.74) is 1.80. The lowest BCUT2D eigenvalue weighted by molar-refractivity contribution is -0.135. The summed E-state index contributed by atoms with van der Waals surface area (Å²) in [5, 5.41) is 3.66. The van der Waals surface area contributed by atoms with Crippen molar-refractivity contribution in [3.8, 4) is 0 Å². The van der Waals surface area contributed by atoms with Gasteiger partial charge >= 0.3 is 5.97 Å². The highest BCUT2D eigenvalue weighted by molar-refractivity contribution is 6.90. The third-order valence-electron chi connectivity index (χ3n) is 4.79. The largest absolute Gasteiger partial charge is 0.466 e. The van der Waals surface area contributed by atoms with Crippen LogP contribution in [-0.2, 0) is 9.53 Å². The number of methoxy groups -OCH3 is 1. The van der Waals surface area contributed by atoms with Crippen LogP contribution in [0.3, 0.4) is 0 Å². The van der Waals surface area contributed by atoms with Crippen LogP contribution in [0, 0.1) is 0 Å². The number of benzene rings is 3.